The van der Waals surface area contributed by atoms with Crippen LogP contribution in [0.3, 0.4) is 0 Å². The minimum Gasteiger partial charge on any atom is -0.385 e. The topological polar surface area (TPSA) is 75.7 Å². The lowest BCUT2D eigenvalue weighted by atomic mass is 10.1. The van der Waals surface area contributed by atoms with Gasteiger partial charge < -0.3 is 10.1 Å². The lowest BCUT2D eigenvalue weighted by Gasteiger charge is -2.13. The molecule has 1 aliphatic rings. The zero-order chi connectivity index (χ0) is 15.4. The number of carbonyl (C=O) groups is 3. The first-order chi connectivity index (χ1) is 10.0. The van der Waals surface area contributed by atoms with Crippen molar-refractivity contribution in [3.05, 3.63) is 34.3 Å². The van der Waals surface area contributed by atoms with Gasteiger partial charge in [-0.3, -0.25) is 19.3 Å². The van der Waals surface area contributed by atoms with Gasteiger partial charge in [0.25, 0.3) is 11.8 Å². The average molecular weight is 311 g/mol. The Labute approximate surface area is 127 Å². The summed E-state index contributed by atoms with van der Waals surface area (Å²) in [4.78, 5) is 36.9. The number of halogens is 1. The van der Waals surface area contributed by atoms with Crippen LogP contribution < -0.4 is 5.32 Å². The van der Waals surface area contributed by atoms with Gasteiger partial charge in [-0.15, -0.1) is 0 Å². The monoisotopic (exact) mass is 310 g/mol. The third kappa shape index (κ3) is 3.40. The molecule has 2 rings (SSSR count). The molecule has 0 bridgehead atoms. The van der Waals surface area contributed by atoms with E-state index < -0.39 is 11.8 Å². The molecule has 1 aromatic carbocycles. The van der Waals surface area contributed by atoms with E-state index in [4.69, 9.17) is 16.3 Å². The first-order valence-electron chi connectivity index (χ1n) is 6.46. The summed E-state index contributed by atoms with van der Waals surface area (Å²) in [7, 11) is 1.58. The van der Waals surface area contributed by atoms with Crippen molar-refractivity contribution in [2.45, 2.75) is 6.42 Å². The second-order valence-corrected chi connectivity index (χ2v) is 5.02. The Morgan fingerprint density at radius 2 is 2.00 bits per heavy atom. The first-order valence-corrected chi connectivity index (χ1v) is 6.83. The zero-order valence-corrected chi connectivity index (χ0v) is 12.3. The number of nitrogens with zero attached hydrogens (tertiary/aromatic N) is 1. The molecule has 7 heteroatoms. The second-order valence-electron chi connectivity index (χ2n) is 4.58. The van der Waals surface area contributed by atoms with Crippen LogP contribution in [0.4, 0.5) is 0 Å². The van der Waals surface area contributed by atoms with Crippen molar-refractivity contribution in [3.63, 3.8) is 0 Å². The van der Waals surface area contributed by atoms with Crippen LogP contribution in [0.1, 0.15) is 27.1 Å². The normalized spacial score (nSPS) is 13.5. The predicted molar refractivity (Wildman–Crippen MR) is 76.3 cm³/mol. The van der Waals surface area contributed by atoms with E-state index in [1.165, 1.54) is 12.1 Å². The molecule has 0 saturated carbocycles. The Morgan fingerprint density at radius 3 is 2.71 bits per heavy atom. The van der Waals surface area contributed by atoms with Crippen molar-refractivity contribution in [1.82, 2.24) is 10.2 Å². The molecule has 3 amide bonds. The molecule has 0 unspecified atom stereocenters. The maximum Gasteiger partial charge on any atom is 0.262 e. The third-order valence-electron chi connectivity index (χ3n) is 3.08. The van der Waals surface area contributed by atoms with Crippen LogP contribution in [0.25, 0.3) is 0 Å². The maximum atomic E-state index is 12.1. The first kappa shape index (κ1) is 15.5. The van der Waals surface area contributed by atoms with E-state index in [1.807, 2.05) is 0 Å². The quantitative estimate of drug-likeness (QED) is 0.630. The fourth-order valence-electron chi connectivity index (χ4n) is 2.05. The number of benzene rings is 1. The van der Waals surface area contributed by atoms with Crippen molar-refractivity contribution >= 4 is 29.3 Å². The lowest BCUT2D eigenvalue weighted by Crippen LogP contribution is -2.40. The molecule has 1 heterocycles. The van der Waals surface area contributed by atoms with E-state index in [9.17, 15) is 14.4 Å². The van der Waals surface area contributed by atoms with Crippen LogP contribution in [-0.4, -0.2) is 49.4 Å². The molecule has 0 fully saturated rings. The smallest absolute Gasteiger partial charge is 0.262 e. The highest BCUT2D eigenvalue weighted by atomic mass is 35.5. The summed E-state index contributed by atoms with van der Waals surface area (Å²) in [6, 6.07) is 4.47. The van der Waals surface area contributed by atoms with E-state index in [1.54, 1.807) is 13.2 Å². The summed E-state index contributed by atoms with van der Waals surface area (Å²) in [6.07, 6.45) is 0.667. The zero-order valence-electron chi connectivity index (χ0n) is 11.5. The van der Waals surface area contributed by atoms with Gasteiger partial charge in [0.05, 0.1) is 11.1 Å². The van der Waals surface area contributed by atoms with Crippen LogP contribution in [0.5, 0.6) is 0 Å². The van der Waals surface area contributed by atoms with E-state index in [0.717, 1.165) is 4.90 Å². The Morgan fingerprint density at radius 1 is 1.29 bits per heavy atom. The molecule has 1 N–H and O–H groups in total. The second kappa shape index (κ2) is 6.69. The average Bonchev–Trinajstić information content (AvgIpc) is 2.68. The fraction of sp³-hybridized carbons (Fsp3) is 0.357. The van der Waals surface area contributed by atoms with Gasteiger partial charge in [-0.25, -0.2) is 0 Å². The van der Waals surface area contributed by atoms with Crippen LogP contribution in [0.2, 0.25) is 5.02 Å². The highest BCUT2D eigenvalue weighted by Crippen LogP contribution is 2.25. The van der Waals surface area contributed by atoms with Crippen LogP contribution in [0.15, 0.2) is 18.2 Å². The van der Waals surface area contributed by atoms with Gasteiger partial charge in [0.2, 0.25) is 5.91 Å². The van der Waals surface area contributed by atoms with Gasteiger partial charge in [-0.05, 0) is 24.6 Å². The van der Waals surface area contributed by atoms with E-state index in [0.29, 0.717) is 24.6 Å². The summed E-state index contributed by atoms with van der Waals surface area (Å²) >= 11 is 5.81. The minimum atomic E-state index is -0.496. The summed E-state index contributed by atoms with van der Waals surface area (Å²) in [6.45, 7) is 0.671. The molecular weight excluding hydrogens is 296 g/mol. The third-order valence-corrected chi connectivity index (χ3v) is 3.32. The molecule has 0 saturated heterocycles. The van der Waals surface area contributed by atoms with E-state index in [2.05, 4.69) is 5.32 Å². The van der Waals surface area contributed by atoms with Crippen molar-refractivity contribution in [3.8, 4) is 0 Å². The fourth-order valence-corrected chi connectivity index (χ4v) is 2.22. The lowest BCUT2D eigenvalue weighted by molar-refractivity contribution is -0.121. The predicted octanol–water partition coefficient (Wildman–Crippen LogP) is 1.09. The molecule has 1 aromatic rings. The molecule has 21 heavy (non-hydrogen) atoms. The van der Waals surface area contributed by atoms with Crippen molar-refractivity contribution in [1.29, 1.82) is 0 Å². The van der Waals surface area contributed by atoms with Gasteiger partial charge in [-0.1, -0.05) is 11.6 Å². The van der Waals surface area contributed by atoms with Crippen LogP contribution >= 0.6 is 11.6 Å². The van der Waals surface area contributed by atoms with E-state index >= 15 is 0 Å². The summed E-state index contributed by atoms with van der Waals surface area (Å²) in [5.41, 5.74) is 0.510. The van der Waals surface area contributed by atoms with Crippen molar-refractivity contribution in [2.75, 3.05) is 26.8 Å². The van der Waals surface area contributed by atoms with Crippen LogP contribution in [0, 0.1) is 0 Å². The maximum absolute atomic E-state index is 12.1. The molecule has 0 spiro atoms. The van der Waals surface area contributed by atoms with E-state index in [-0.39, 0.29) is 23.6 Å². The van der Waals surface area contributed by atoms with Crippen molar-refractivity contribution in [2.24, 2.45) is 0 Å². The molecule has 6 nitrogen and oxygen atoms in total. The van der Waals surface area contributed by atoms with Crippen molar-refractivity contribution < 1.29 is 19.1 Å². The number of rotatable bonds is 6. The number of methoxy groups -OCH3 is 1. The number of fused-ring (bicyclic) bond motifs is 1. The number of hydrogen-bond donors (Lipinski definition) is 1. The molecule has 112 valence electrons. The largest absolute Gasteiger partial charge is 0.385 e. The summed E-state index contributed by atoms with van der Waals surface area (Å²) < 4.78 is 4.86. The highest BCUT2D eigenvalue weighted by Gasteiger charge is 2.36. The number of amides is 3. The Bertz CT molecular complexity index is 588. The Kier molecular flexibility index (Phi) is 4.93. The van der Waals surface area contributed by atoms with Crippen LogP contribution in [-0.2, 0) is 9.53 Å². The Hall–Kier alpha value is -1.92. The van der Waals surface area contributed by atoms with Gasteiger partial charge in [-0.2, -0.15) is 0 Å². The van der Waals surface area contributed by atoms with Gasteiger partial charge in [0.1, 0.15) is 6.54 Å². The van der Waals surface area contributed by atoms with Gasteiger partial charge >= 0.3 is 0 Å². The molecule has 0 radical (unpaired) electrons. The number of carbonyl (C=O) groups excluding carboxylic acids is 3. The molecule has 1 aliphatic heterocycles. The summed E-state index contributed by atoms with van der Waals surface area (Å²) in [5, 5.41) is 3.01. The molecular formula is C14H15ClN2O4. The van der Waals surface area contributed by atoms with Gasteiger partial charge in [0.15, 0.2) is 0 Å². The van der Waals surface area contributed by atoms with Gasteiger partial charge in [0, 0.05) is 25.3 Å². The summed E-state index contributed by atoms with van der Waals surface area (Å²) in [5.74, 6) is -1.35. The Balaban J connectivity index is 1.98. The standard InChI is InChI=1S/C14H15ClN2O4/c1-21-6-2-5-16-12(18)8-17-13(19)10-4-3-9(15)7-11(10)14(17)20/h3-4,7H,2,5-6,8H2,1H3,(H,16,18). The highest BCUT2D eigenvalue weighted by molar-refractivity contribution is 6.32. The molecule has 0 aromatic heterocycles. The molecule has 0 aliphatic carbocycles. The SMILES string of the molecule is COCCCNC(=O)CN1C(=O)c2ccc(Cl)cc2C1=O. The molecule has 0 atom stereocenters. The number of imide groups is 1. The number of hydrogen-bond acceptors (Lipinski definition) is 4. The minimum absolute atomic E-state index is 0.236. The number of ether oxygens (including phenoxy) is 1. The number of nitrogens with one attached hydrogen (secondary N) is 1.